The van der Waals surface area contributed by atoms with Crippen molar-refractivity contribution in [2.24, 2.45) is 0 Å². The van der Waals surface area contributed by atoms with E-state index in [1.165, 1.54) is 66.8 Å². The van der Waals surface area contributed by atoms with Gasteiger partial charge in [0.2, 0.25) is 15.9 Å². The molecule has 10 heteroatoms. The number of hydrogen-bond acceptors (Lipinski definition) is 7. The highest BCUT2D eigenvalue weighted by Gasteiger charge is 2.18. The molecule has 0 aliphatic heterocycles. The number of sulfonamides is 1. The number of thioether (sulfide) groups is 1. The fourth-order valence-electron chi connectivity index (χ4n) is 2.71. The number of carbonyl (C=O) groups is 1. The van der Waals surface area contributed by atoms with Crippen LogP contribution in [-0.4, -0.2) is 42.9 Å². The number of nitrogens with zero attached hydrogens (tertiary/aromatic N) is 3. The number of hydrogen-bond donors (Lipinski definition) is 1. The summed E-state index contributed by atoms with van der Waals surface area (Å²) in [6.07, 6.45) is 0. The van der Waals surface area contributed by atoms with Gasteiger partial charge in [0.05, 0.1) is 11.4 Å². The van der Waals surface area contributed by atoms with Crippen LogP contribution in [-0.2, 0) is 22.3 Å². The molecule has 0 saturated carbocycles. The quantitative estimate of drug-likeness (QED) is 0.515. The number of aryl methyl sites for hydroxylation is 2. The van der Waals surface area contributed by atoms with Gasteiger partial charge in [-0.1, -0.05) is 35.5 Å². The van der Waals surface area contributed by atoms with Crippen LogP contribution in [0, 0.1) is 13.8 Å². The van der Waals surface area contributed by atoms with Gasteiger partial charge in [-0.3, -0.25) is 4.79 Å². The lowest BCUT2D eigenvalue weighted by atomic mass is 10.1. The number of carbonyl (C=O) groups excluding carboxylic acids is 1. The monoisotopic (exact) mass is 460 g/mol. The van der Waals surface area contributed by atoms with E-state index in [1.54, 1.807) is 0 Å². The molecule has 0 bridgehead atoms. The molecule has 3 aromatic rings. The summed E-state index contributed by atoms with van der Waals surface area (Å²) in [4.78, 5) is 12.5. The number of nitrogens with one attached hydrogen (secondary N) is 1. The first-order chi connectivity index (χ1) is 14.7. The zero-order valence-electron chi connectivity index (χ0n) is 17.7. The van der Waals surface area contributed by atoms with Crippen LogP contribution in [0.2, 0.25) is 0 Å². The van der Waals surface area contributed by atoms with Gasteiger partial charge < -0.3 is 9.73 Å². The Bertz CT molecular complexity index is 1170. The zero-order valence-corrected chi connectivity index (χ0v) is 19.4. The lowest BCUT2D eigenvalue weighted by molar-refractivity contribution is 0.0946. The maximum Gasteiger partial charge on any atom is 0.276 e. The van der Waals surface area contributed by atoms with Crippen molar-refractivity contribution < 1.29 is 17.6 Å². The third kappa shape index (κ3) is 5.72. The van der Waals surface area contributed by atoms with Gasteiger partial charge in [-0.15, -0.1) is 10.2 Å². The van der Waals surface area contributed by atoms with Gasteiger partial charge in [0, 0.05) is 25.4 Å². The van der Waals surface area contributed by atoms with Crippen LogP contribution < -0.4 is 5.32 Å². The summed E-state index contributed by atoms with van der Waals surface area (Å²) in [5, 5.41) is 11.1. The maximum absolute atomic E-state index is 12.3. The largest absolute Gasteiger partial charge is 0.414 e. The normalized spacial score (nSPS) is 11.6. The minimum atomic E-state index is -3.54. The third-order valence-corrected chi connectivity index (χ3v) is 7.30. The Balaban J connectivity index is 1.55. The van der Waals surface area contributed by atoms with Gasteiger partial charge in [0.25, 0.3) is 11.1 Å². The molecule has 1 amide bonds. The predicted octanol–water partition coefficient (Wildman–Crippen LogP) is 3.16. The van der Waals surface area contributed by atoms with Crippen molar-refractivity contribution in [3.63, 3.8) is 0 Å². The van der Waals surface area contributed by atoms with E-state index in [1.807, 2.05) is 0 Å². The third-order valence-electron chi connectivity index (χ3n) is 4.60. The van der Waals surface area contributed by atoms with E-state index in [-0.39, 0.29) is 17.3 Å². The molecule has 1 aromatic heterocycles. The van der Waals surface area contributed by atoms with E-state index in [0.717, 1.165) is 4.31 Å². The number of rotatable bonds is 8. The van der Waals surface area contributed by atoms with Gasteiger partial charge in [0.15, 0.2) is 0 Å². The molecule has 2 aromatic carbocycles. The summed E-state index contributed by atoms with van der Waals surface area (Å²) < 4.78 is 30.9. The average molecular weight is 461 g/mol. The SMILES string of the molecule is Cc1ccc(C)c(CSc2nnc(CNC(=O)c3ccc(S(=O)(=O)N(C)C)cc3)o2)c1. The molecule has 0 spiro atoms. The van der Waals surface area contributed by atoms with Crippen LogP contribution in [0.4, 0.5) is 0 Å². The van der Waals surface area contributed by atoms with Crippen molar-refractivity contribution in [1.82, 2.24) is 19.8 Å². The van der Waals surface area contributed by atoms with Crippen LogP contribution in [0.15, 0.2) is 57.0 Å². The number of benzene rings is 2. The smallest absolute Gasteiger partial charge is 0.276 e. The second-order valence-electron chi connectivity index (χ2n) is 7.17. The molecule has 0 fully saturated rings. The summed E-state index contributed by atoms with van der Waals surface area (Å²) >= 11 is 1.44. The van der Waals surface area contributed by atoms with Crippen molar-refractivity contribution in [2.45, 2.75) is 36.3 Å². The molecule has 0 saturated heterocycles. The lowest BCUT2D eigenvalue weighted by Crippen LogP contribution is -2.24. The van der Waals surface area contributed by atoms with E-state index in [2.05, 4.69) is 47.6 Å². The standard InChI is InChI=1S/C21H24N4O4S2/c1-14-5-6-15(2)17(11-14)13-30-21-24-23-19(29-21)12-22-20(26)16-7-9-18(10-8-16)31(27,28)25(3)4/h5-11H,12-13H2,1-4H3,(H,22,26). The fourth-order valence-corrected chi connectivity index (χ4v) is 4.46. The van der Waals surface area contributed by atoms with E-state index < -0.39 is 10.0 Å². The van der Waals surface area contributed by atoms with Crippen molar-refractivity contribution in [3.05, 3.63) is 70.6 Å². The van der Waals surface area contributed by atoms with E-state index in [9.17, 15) is 13.2 Å². The van der Waals surface area contributed by atoms with Crippen LogP contribution in [0.3, 0.4) is 0 Å². The molecule has 1 N–H and O–H groups in total. The number of aromatic nitrogens is 2. The Kier molecular flexibility index (Phi) is 7.14. The van der Waals surface area contributed by atoms with Gasteiger partial charge in [-0.2, -0.15) is 0 Å². The summed E-state index contributed by atoms with van der Waals surface area (Å²) in [5.41, 5.74) is 3.94. The second kappa shape index (κ2) is 9.63. The van der Waals surface area contributed by atoms with E-state index in [0.29, 0.717) is 22.4 Å². The van der Waals surface area contributed by atoms with Gasteiger partial charge >= 0.3 is 0 Å². The molecule has 8 nitrogen and oxygen atoms in total. The van der Waals surface area contributed by atoms with Crippen molar-refractivity contribution in [3.8, 4) is 0 Å². The molecule has 0 unspecified atom stereocenters. The molecule has 31 heavy (non-hydrogen) atoms. The first kappa shape index (κ1) is 23.0. The highest BCUT2D eigenvalue weighted by molar-refractivity contribution is 7.98. The first-order valence-electron chi connectivity index (χ1n) is 9.49. The summed E-state index contributed by atoms with van der Waals surface area (Å²) in [6, 6.07) is 12.0. The van der Waals surface area contributed by atoms with Crippen molar-refractivity contribution >= 4 is 27.7 Å². The Labute approximate surface area is 186 Å². The maximum atomic E-state index is 12.3. The number of amides is 1. The Hall–Kier alpha value is -2.69. The molecule has 0 aliphatic rings. The van der Waals surface area contributed by atoms with E-state index >= 15 is 0 Å². The molecule has 0 aliphatic carbocycles. The Morgan fingerprint density at radius 3 is 2.48 bits per heavy atom. The Morgan fingerprint density at radius 2 is 1.81 bits per heavy atom. The highest BCUT2D eigenvalue weighted by Crippen LogP contribution is 2.24. The lowest BCUT2D eigenvalue weighted by Gasteiger charge is -2.11. The van der Waals surface area contributed by atoms with Gasteiger partial charge in [0.1, 0.15) is 0 Å². The fraction of sp³-hybridized carbons (Fsp3) is 0.286. The van der Waals surface area contributed by atoms with Gasteiger partial charge in [-0.05, 0) is 49.2 Å². The van der Waals surface area contributed by atoms with Crippen LogP contribution in [0.5, 0.6) is 0 Å². The molecule has 0 radical (unpaired) electrons. The van der Waals surface area contributed by atoms with Crippen LogP contribution in [0.1, 0.15) is 32.9 Å². The highest BCUT2D eigenvalue weighted by atomic mass is 32.2. The molecule has 3 rings (SSSR count). The molecule has 164 valence electrons. The van der Waals surface area contributed by atoms with E-state index in [4.69, 9.17) is 4.42 Å². The minimum Gasteiger partial charge on any atom is -0.414 e. The molecule has 0 atom stereocenters. The van der Waals surface area contributed by atoms with Crippen LogP contribution in [0.25, 0.3) is 0 Å². The summed E-state index contributed by atoms with van der Waals surface area (Å²) in [5.74, 6) is 0.643. The van der Waals surface area contributed by atoms with Crippen LogP contribution >= 0.6 is 11.8 Å². The second-order valence-corrected chi connectivity index (χ2v) is 10.3. The molecular weight excluding hydrogens is 436 g/mol. The summed E-state index contributed by atoms with van der Waals surface area (Å²) in [7, 11) is -0.630. The molecular formula is C21H24N4O4S2. The van der Waals surface area contributed by atoms with Gasteiger partial charge in [-0.25, -0.2) is 12.7 Å². The minimum absolute atomic E-state index is 0.0770. The average Bonchev–Trinajstić information content (AvgIpc) is 3.20. The predicted molar refractivity (Wildman–Crippen MR) is 118 cm³/mol. The van der Waals surface area contributed by atoms with Crippen molar-refractivity contribution in [1.29, 1.82) is 0 Å². The Morgan fingerprint density at radius 1 is 1.10 bits per heavy atom. The topological polar surface area (TPSA) is 105 Å². The summed E-state index contributed by atoms with van der Waals surface area (Å²) in [6.45, 7) is 4.19. The van der Waals surface area contributed by atoms with Crippen molar-refractivity contribution in [2.75, 3.05) is 14.1 Å². The zero-order chi connectivity index (χ0) is 22.6. The first-order valence-corrected chi connectivity index (χ1v) is 11.9. The molecule has 1 heterocycles.